The molecule has 1 radical (unpaired) electrons. The number of unbranched alkanes of at least 4 members (excludes halogenated alkanes) is 12. The number of amides is 1. The van der Waals surface area contributed by atoms with Gasteiger partial charge in [0.15, 0.2) is 0 Å². The highest BCUT2D eigenvalue weighted by molar-refractivity contribution is 8.00. The fourth-order valence-electron chi connectivity index (χ4n) is 3.72. The van der Waals surface area contributed by atoms with Gasteiger partial charge in [-0.05, 0) is 46.0 Å². The normalized spacial score (nSPS) is 12.2. The van der Waals surface area contributed by atoms with Gasteiger partial charge in [-0.2, -0.15) is 0 Å². The van der Waals surface area contributed by atoms with Crippen molar-refractivity contribution in [1.29, 1.82) is 0 Å². The first kappa shape index (κ1) is 34.9. The fourth-order valence-corrected chi connectivity index (χ4v) is 5.31. The number of hydrogen-bond acceptors (Lipinski definition) is 7. The van der Waals surface area contributed by atoms with Crippen LogP contribution in [0.4, 0.5) is 0 Å². The average Bonchev–Trinajstić information content (AvgIpc) is 2.76. The predicted octanol–water partition coefficient (Wildman–Crippen LogP) is 5.94. The summed E-state index contributed by atoms with van der Waals surface area (Å²) in [6.07, 6.45) is 23.3. The Morgan fingerprint density at radius 2 is 1.42 bits per heavy atom. The maximum absolute atomic E-state index is 11.8. The molecule has 0 aliphatic carbocycles. The molecule has 0 aliphatic heterocycles. The Kier molecular flexibility index (Phi) is 21.3. The van der Waals surface area contributed by atoms with E-state index in [-0.39, 0.29) is 17.5 Å². The summed E-state index contributed by atoms with van der Waals surface area (Å²) in [5.41, 5.74) is -1.15. The number of hydrogen-bond donors (Lipinski definition) is 1. The minimum Gasteiger partial charge on any atom is -0.748 e. The first-order chi connectivity index (χ1) is 17.1. The van der Waals surface area contributed by atoms with Crippen LogP contribution in [0.1, 0.15) is 111 Å². The second-order valence-electron chi connectivity index (χ2n) is 9.95. The zero-order valence-corrected chi connectivity index (χ0v) is 24.4. The first-order valence-corrected chi connectivity index (χ1v) is 16.3. The molecule has 0 unspecified atom stereocenters. The highest BCUT2D eigenvalue weighted by atomic mass is 32.2. The molecule has 0 saturated heterocycles. The molecular formula is C27H49NO6S2-. The van der Waals surface area contributed by atoms with Gasteiger partial charge in [-0.25, -0.2) is 8.42 Å². The van der Waals surface area contributed by atoms with Crippen molar-refractivity contribution in [2.45, 2.75) is 116 Å². The van der Waals surface area contributed by atoms with Crippen molar-refractivity contribution in [1.82, 2.24) is 5.32 Å². The molecule has 0 rings (SSSR count). The Hall–Kier alpha value is -1.06. The monoisotopic (exact) mass is 547 g/mol. The van der Waals surface area contributed by atoms with E-state index in [9.17, 15) is 22.6 Å². The zero-order valence-electron chi connectivity index (χ0n) is 22.7. The molecule has 0 atom stereocenters. The standard InChI is InChI=1S/C27H50NO6S2/c1-4-5-6-7-8-9-10-11-12-13-14-15-16-17-18-19-21-34-26(30)23-35-22-20-25(29)28-27(2,3)24-36(31,32)33/h11-12,20H,4-10,13-19,21-24H2,1-3H3,(H,28,29)(H,31,32,33)/p-1/b12-11+. The van der Waals surface area contributed by atoms with Crippen LogP contribution in [0.25, 0.3) is 0 Å². The second-order valence-corrected chi connectivity index (χ2v) is 12.4. The Morgan fingerprint density at radius 3 is 1.97 bits per heavy atom. The average molecular weight is 548 g/mol. The number of thioether (sulfide) groups is 1. The van der Waals surface area contributed by atoms with Gasteiger partial charge < -0.3 is 14.6 Å². The summed E-state index contributed by atoms with van der Waals surface area (Å²) >= 11 is 1.24. The molecule has 0 saturated carbocycles. The van der Waals surface area contributed by atoms with Crippen LogP contribution in [-0.2, 0) is 24.4 Å². The summed E-state index contributed by atoms with van der Waals surface area (Å²) in [6, 6.07) is 0. The van der Waals surface area contributed by atoms with Crippen molar-refractivity contribution in [2.75, 3.05) is 23.9 Å². The van der Waals surface area contributed by atoms with E-state index < -0.39 is 27.3 Å². The predicted molar refractivity (Wildman–Crippen MR) is 149 cm³/mol. The molecule has 0 aromatic rings. The summed E-state index contributed by atoms with van der Waals surface area (Å²) in [5, 5.41) is 2.48. The molecule has 0 aliphatic rings. The van der Waals surface area contributed by atoms with Gasteiger partial charge in [-0.15, -0.1) is 11.8 Å². The number of rotatable bonds is 24. The lowest BCUT2D eigenvalue weighted by Gasteiger charge is -2.27. The van der Waals surface area contributed by atoms with E-state index in [0.717, 1.165) is 19.3 Å². The van der Waals surface area contributed by atoms with E-state index in [1.54, 1.807) is 0 Å². The van der Waals surface area contributed by atoms with Crippen molar-refractivity contribution >= 4 is 33.8 Å². The van der Waals surface area contributed by atoms with Crippen molar-refractivity contribution < 1.29 is 27.3 Å². The summed E-state index contributed by atoms with van der Waals surface area (Å²) in [7, 11) is -4.44. The van der Waals surface area contributed by atoms with Crippen LogP contribution in [0.15, 0.2) is 12.2 Å². The van der Waals surface area contributed by atoms with Crippen molar-refractivity contribution in [3.8, 4) is 0 Å². The number of nitrogens with one attached hydrogen (secondary N) is 1. The molecule has 7 nitrogen and oxygen atoms in total. The molecule has 211 valence electrons. The molecule has 0 aromatic heterocycles. The maximum atomic E-state index is 11.8. The molecule has 9 heteroatoms. The minimum absolute atomic E-state index is 0.147. The Labute approximate surface area is 224 Å². The van der Waals surface area contributed by atoms with E-state index >= 15 is 0 Å². The third kappa shape index (κ3) is 26.0. The second kappa shape index (κ2) is 22.0. The molecule has 0 aromatic carbocycles. The highest BCUT2D eigenvalue weighted by Gasteiger charge is 2.23. The maximum Gasteiger partial charge on any atom is 0.315 e. The van der Waals surface area contributed by atoms with Crippen LogP contribution in [0.3, 0.4) is 0 Å². The van der Waals surface area contributed by atoms with Gasteiger partial charge in [0.2, 0.25) is 5.91 Å². The van der Waals surface area contributed by atoms with Gasteiger partial charge >= 0.3 is 5.97 Å². The van der Waals surface area contributed by atoms with Crippen molar-refractivity contribution in [3.63, 3.8) is 0 Å². The zero-order chi connectivity index (χ0) is 27.1. The van der Waals surface area contributed by atoms with Crippen molar-refractivity contribution in [3.05, 3.63) is 18.6 Å². The van der Waals surface area contributed by atoms with E-state index in [2.05, 4.69) is 24.4 Å². The van der Waals surface area contributed by atoms with Gasteiger partial charge in [0.05, 0.1) is 34.7 Å². The van der Waals surface area contributed by atoms with E-state index in [1.165, 1.54) is 103 Å². The Morgan fingerprint density at radius 1 is 0.889 bits per heavy atom. The lowest BCUT2D eigenvalue weighted by atomic mass is 10.1. The number of ether oxygens (including phenoxy) is 1. The molecule has 0 bridgehead atoms. The Balaban J connectivity index is 3.50. The van der Waals surface area contributed by atoms with Gasteiger partial charge in [-0.3, -0.25) is 9.59 Å². The van der Waals surface area contributed by atoms with Gasteiger partial charge in [-0.1, -0.05) is 76.9 Å². The number of esters is 1. The van der Waals surface area contributed by atoms with Crippen LogP contribution in [0.2, 0.25) is 0 Å². The topological polar surface area (TPSA) is 113 Å². The quantitative estimate of drug-likeness (QED) is 0.0688. The SMILES string of the molecule is CCCCCCCC/C=C/CCCCCCCCOC(=O)CSC[CH]C(=O)NC(C)(C)CS(=O)(=O)[O-]. The lowest BCUT2D eigenvalue weighted by Crippen LogP contribution is -2.48. The summed E-state index contributed by atoms with van der Waals surface area (Å²) in [5.74, 6) is -1.03. The smallest absolute Gasteiger partial charge is 0.315 e. The molecule has 0 heterocycles. The molecule has 36 heavy (non-hydrogen) atoms. The number of allylic oxidation sites excluding steroid dienone is 2. The first-order valence-electron chi connectivity index (χ1n) is 13.5. The third-order valence-corrected chi connectivity index (χ3v) is 7.44. The van der Waals surface area contributed by atoms with Gasteiger partial charge in [0, 0.05) is 11.3 Å². The van der Waals surface area contributed by atoms with E-state index in [0.29, 0.717) is 6.61 Å². The fraction of sp³-hybridized carbons (Fsp3) is 0.815. The number of carbonyl (C=O) groups is 2. The lowest BCUT2D eigenvalue weighted by molar-refractivity contribution is -0.140. The molecular weight excluding hydrogens is 498 g/mol. The molecule has 0 fully saturated rings. The molecule has 1 amide bonds. The van der Waals surface area contributed by atoms with E-state index in [4.69, 9.17) is 4.74 Å². The van der Waals surface area contributed by atoms with Gasteiger partial charge in [0.25, 0.3) is 0 Å². The Bertz CT molecular complexity index is 707. The summed E-state index contributed by atoms with van der Waals surface area (Å²) in [6.45, 7) is 5.60. The third-order valence-electron chi connectivity index (χ3n) is 5.52. The highest BCUT2D eigenvalue weighted by Crippen LogP contribution is 2.11. The minimum atomic E-state index is -4.44. The van der Waals surface area contributed by atoms with Crippen LogP contribution < -0.4 is 5.32 Å². The summed E-state index contributed by atoms with van der Waals surface area (Å²) < 4.78 is 37.8. The van der Waals surface area contributed by atoms with Crippen molar-refractivity contribution in [2.24, 2.45) is 0 Å². The van der Waals surface area contributed by atoms with Gasteiger partial charge in [0.1, 0.15) is 0 Å². The van der Waals surface area contributed by atoms with Crippen LogP contribution in [0, 0.1) is 6.42 Å². The van der Waals surface area contributed by atoms with Crippen LogP contribution >= 0.6 is 11.8 Å². The number of carbonyl (C=O) groups excluding carboxylic acids is 2. The largest absolute Gasteiger partial charge is 0.748 e. The van der Waals surface area contributed by atoms with Crippen LogP contribution in [0.5, 0.6) is 0 Å². The van der Waals surface area contributed by atoms with E-state index in [1.807, 2.05) is 0 Å². The molecule has 1 N–H and O–H groups in total. The summed E-state index contributed by atoms with van der Waals surface area (Å²) in [4.78, 5) is 23.6. The molecule has 0 spiro atoms. The van der Waals surface area contributed by atoms with Crippen LogP contribution in [-0.4, -0.2) is 54.3 Å².